The van der Waals surface area contributed by atoms with Crippen LogP contribution in [-0.4, -0.2) is 19.3 Å². The van der Waals surface area contributed by atoms with Gasteiger partial charge in [-0.05, 0) is 20.9 Å². The van der Waals surface area contributed by atoms with Crippen LogP contribution in [0.5, 0.6) is 0 Å². The van der Waals surface area contributed by atoms with Crippen molar-refractivity contribution < 1.29 is 13.2 Å². The first-order valence-electron chi connectivity index (χ1n) is 3.30. The van der Waals surface area contributed by atoms with Gasteiger partial charge in [0.05, 0.1) is 0 Å². The van der Waals surface area contributed by atoms with E-state index in [4.69, 9.17) is 0 Å². The van der Waals surface area contributed by atoms with Crippen molar-refractivity contribution in [3.63, 3.8) is 0 Å². The summed E-state index contributed by atoms with van der Waals surface area (Å²) in [5, 5.41) is 2.20. The summed E-state index contributed by atoms with van der Waals surface area (Å²) in [6, 6.07) is -1.51. The summed E-state index contributed by atoms with van der Waals surface area (Å²) in [4.78, 5) is 0. The molecule has 1 N–H and O–H groups in total. The van der Waals surface area contributed by atoms with Gasteiger partial charge in [0.25, 0.3) is 0 Å². The van der Waals surface area contributed by atoms with Crippen molar-refractivity contribution in [2.45, 2.75) is 26.1 Å². The lowest BCUT2D eigenvalue weighted by molar-refractivity contribution is -0.145. The van der Waals surface area contributed by atoms with Crippen molar-refractivity contribution >= 4 is 0 Å². The molecule has 0 heterocycles. The van der Waals surface area contributed by atoms with Gasteiger partial charge in [-0.25, -0.2) is 0 Å². The summed E-state index contributed by atoms with van der Waals surface area (Å²) in [5.74, 6) is 0. The summed E-state index contributed by atoms with van der Waals surface area (Å²) in [6.07, 6.45) is -2.74. The number of rotatable bonds is 2. The molecule has 0 saturated heterocycles. The molecule has 4 heteroatoms. The van der Waals surface area contributed by atoms with Crippen LogP contribution in [-0.2, 0) is 0 Å². The van der Waals surface area contributed by atoms with Gasteiger partial charge in [-0.2, -0.15) is 13.2 Å². The largest absolute Gasteiger partial charge is 0.407 e. The topological polar surface area (TPSA) is 12.0 Å². The highest BCUT2D eigenvalue weighted by Gasteiger charge is 2.39. The van der Waals surface area contributed by atoms with Gasteiger partial charge in [0.15, 0.2) is 0 Å². The number of likely N-dealkylation sites (N-methyl/N-ethyl adjacent to an activating group) is 1. The summed E-state index contributed by atoms with van der Waals surface area (Å²) in [5.41, 5.74) is 0.292. The number of nitrogens with one attached hydrogen (secondary N) is 1. The summed E-state index contributed by atoms with van der Waals surface area (Å²) >= 11 is 0. The second-order valence-electron chi connectivity index (χ2n) is 2.30. The van der Waals surface area contributed by atoms with Gasteiger partial charge in [0.1, 0.15) is 6.04 Å². The van der Waals surface area contributed by atoms with E-state index < -0.39 is 12.2 Å². The third kappa shape index (κ3) is 2.93. The van der Waals surface area contributed by atoms with E-state index in [1.807, 2.05) is 0 Å². The predicted octanol–water partition coefficient (Wildman–Crippen LogP) is 2.10. The summed E-state index contributed by atoms with van der Waals surface area (Å²) in [6.45, 7) is 3.04. The van der Waals surface area contributed by atoms with Crippen LogP contribution >= 0.6 is 0 Å². The van der Waals surface area contributed by atoms with Crippen LogP contribution in [0.15, 0.2) is 11.6 Å². The van der Waals surface area contributed by atoms with E-state index in [9.17, 15) is 13.2 Å². The Morgan fingerprint density at radius 2 is 1.91 bits per heavy atom. The standard InChI is InChI=1S/C7H12F3N/c1-4-5(2)6(11-3)7(8,9)10/h4,6,11H,1-3H3/b5-4+. The molecule has 1 unspecified atom stereocenters. The van der Waals surface area contributed by atoms with Crippen LogP contribution in [0.2, 0.25) is 0 Å². The Hall–Kier alpha value is -0.510. The number of alkyl halides is 3. The maximum absolute atomic E-state index is 12.1. The van der Waals surface area contributed by atoms with Crippen molar-refractivity contribution in [3.05, 3.63) is 11.6 Å². The number of halogens is 3. The van der Waals surface area contributed by atoms with Crippen molar-refractivity contribution in [1.29, 1.82) is 0 Å². The van der Waals surface area contributed by atoms with E-state index in [2.05, 4.69) is 5.32 Å². The van der Waals surface area contributed by atoms with Gasteiger partial charge in [-0.15, -0.1) is 0 Å². The monoisotopic (exact) mass is 167 g/mol. The molecule has 0 aliphatic carbocycles. The number of hydrogen-bond donors (Lipinski definition) is 1. The fourth-order valence-corrected chi connectivity index (χ4v) is 0.816. The van der Waals surface area contributed by atoms with Crippen molar-refractivity contribution in [1.82, 2.24) is 5.32 Å². The van der Waals surface area contributed by atoms with Crippen LogP contribution in [0.3, 0.4) is 0 Å². The fraction of sp³-hybridized carbons (Fsp3) is 0.714. The van der Waals surface area contributed by atoms with Crippen LogP contribution in [0.4, 0.5) is 13.2 Å². The van der Waals surface area contributed by atoms with Gasteiger partial charge in [0.2, 0.25) is 0 Å². The van der Waals surface area contributed by atoms with E-state index in [0.717, 1.165) is 0 Å². The van der Waals surface area contributed by atoms with Gasteiger partial charge in [0, 0.05) is 0 Å². The second kappa shape index (κ2) is 3.76. The SMILES string of the molecule is C/C=C(\C)C(NC)C(F)(F)F. The van der Waals surface area contributed by atoms with Crippen LogP contribution in [0.1, 0.15) is 13.8 Å². The molecule has 0 radical (unpaired) electrons. The van der Waals surface area contributed by atoms with Crippen molar-refractivity contribution in [2.75, 3.05) is 7.05 Å². The third-order valence-corrected chi connectivity index (χ3v) is 1.53. The Labute approximate surface area is 64.3 Å². The Balaban J connectivity index is 4.42. The van der Waals surface area contributed by atoms with E-state index in [1.165, 1.54) is 20.0 Å². The quantitative estimate of drug-likeness (QED) is 0.621. The molecule has 0 aliphatic heterocycles. The molecular formula is C7H12F3N. The van der Waals surface area contributed by atoms with Crippen LogP contribution in [0, 0.1) is 0 Å². The van der Waals surface area contributed by atoms with Crippen molar-refractivity contribution in [2.24, 2.45) is 0 Å². The smallest absolute Gasteiger partial charge is 0.306 e. The number of allylic oxidation sites excluding steroid dienone is 1. The molecule has 0 saturated carbocycles. The second-order valence-corrected chi connectivity index (χ2v) is 2.30. The highest BCUT2D eigenvalue weighted by Crippen LogP contribution is 2.24. The van der Waals surface area contributed by atoms with Crippen LogP contribution < -0.4 is 5.32 Å². The first kappa shape index (κ1) is 10.5. The van der Waals surface area contributed by atoms with Gasteiger partial charge in [-0.3, -0.25) is 0 Å². The Bertz CT molecular complexity index is 148. The molecule has 0 aliphatic rings. The molecular weight excluding hydrogens is 155 g/mol. The van der Waals surface area contributed by atoms with E-state index >= 15 is 0 Å². The molecule has 0 rings (SSSR count). The minimum atomic E-state index is -4.19. The highest BCUT2D eigenvalue weighted by atomic mass is 19.4. The number of hydrogen-bond acceptors (Lipinski definition) is 1. The third-order valence-electron chi connectivity index (χ3n) is 1.53. The predicted molar refractivity (Wildman–Crippen MR) is 38.3 cm³/mol. The molecule has 66 valence electrons. The van der Waals surface area contributed by atoms with E-state index in [1.54, 1.807) is 6.92 Å². The fourth-order valence-electron chi connectivity index (χ4n) is 0.816. The molecule has 0 aromatic heterocycles. The molecule has 0 aromatic rings. The van der Waals surface area contributed by atoms with E-state index in [-0.39, 0.29) is 0 Å². The van der Waals surface area contributed by atoms with E-state index in [0.29, 0.717) is 5.57 Å². The lowest BCUT2D eigenvalue weighted by atomic mass is 10.1. The normalized spacial score (nSPS) is 16.7. The molecule has 1 nitrogen and oxygen atoms in total. The molecule has 0 fully saturated rings. The Kier molecular flexibility index (Phi) is 3.58. The van der Waals surface area contributed by atoms with Gasteiger partial charge < -0.3 is 5.32 Å². The van der Waals surface area contributed by atoms with Gasteiger partial charge in [-0.1, -0.05) is 11.6 Å². The van der Waals surface area contributed by atoms with Gasteiger partial charge >= 0.3 is 6.18 Å². The summed E-state index contributed by atoms with van der Waals surface area (Å²) < 4.78 is 36.2. The molecule has 0 aromatic carbocycles. The highest BCUT2D eigenvalue weighted by molar-refractivity contribution is 5.09. The maximum Gasteiger partial charge on any atom is 0.407 e. The average molecular weight is 167 g/mol. The summed E-state index contributed by atoms with van der Waals surface area (Å²) in [7, 11) is 1.30. The zero-order valence-electron chi connectivity index (χ0n) is 6.79. The minimum Gasteiger partial charge on any atom is -0.306 e. The van der Waals surface area contributed by atoms with Crippen LogP contribution in [0.25, 0.3) is 0 Å². The zero-order chi connectivity index (χ0) is 9.07. The van der Waals surface area contributed by atoms with Crippen molar-refractivity contribution in [3.8, 4) is 0 Å². The molecule has 1 atom stereocenters. The first-order valence-corrected chi connectivity index (χ1v) is 3.30. The first-order chi connectivity index (χ1) is 4.93. The molecule has 0 bridgehead atoms. The molecule has 11 heavy (non-hydrogen) atoms. The lowest BCUT2D eigenvalue weighted by Gasteiger charge is -2.19. The minimum absolute atomic E-state index is 0.292. The maximum atomic E-state index is 12.1. The molecule has 0 spiro atoms. The Morgan fingerprint density at radius 3 is 2.00 bits per heavy atom. The average Bonchev–Trinajstić information content (AvgIpc) is 1.86. The zero-order valence-corrected chi connectivity index (χ0v) is 6.79. The Morgan fingerprint density at radius 1 is 1.45 bits per heavy atom. The lowest BCUT2D eigenvalue weighted by Crippen LogP contribution is -2.40. The molecule has 0 amide bonds.